The van der Waals surface area contributed by atoms with Gasteiger partial charge in [0, 0.05) is 29.0 Å². The first-order chi connectivity index (χ1) is 21.0. The third-order valence-electron chi connectivity index (χ3n) is 8.60. The predicted octanol–water partition coefficient (Wildman–Crippen LogP) is 7.16. The molecule has 0 spiro atoms. The minimum Gasteiger partial charge on any atom is -0.460 e. The summed E-state index contributed by atoms with van der Waals surface area (Å²) in [5.41, 5.74) is 6.90. The predicted molar refractivity (Wildman–Crippen MR) is 166 cm³/mol. The fourth-order valence-electron chi connectivity index (χ4n) is 6.08. The molecule has 3 heterocycles. The van der Waals surface area contributed by atoms with Crippen molar-refractivity contribution >= 4 is 28.4 Å². The van der Waals surface area contributed by atoms with E-state index in [9.17, 15) is 10.1 Å². The standard InChI is InChI=1S/C34H35N7O2/c1-23-8-7-13-29(24(23)2)39-30-12-6-5-11-27(30)34(42)43-19-18-40-17-15-28-32(36-22-37-33(28)40)26-20-38-41(21-26)31(14-16-35)25-9-3-4-10-25/h5-8,11-13,15,17,20-22,25,31,39H,3-4,9-10,14,18-19H2,1-2H3/t31-/m1/s1. The molecule has 2 aromatic carbocycles. The van der Waals surface area contributed by atoms with Gasteiger partial charge in [0.15, 0.2) is 0 Å². The van der Waals surface area contributed by atoms with E-state index < -0.39 is 0 Å². The van der Waals surface area contributed by atoms with Crippen molar-refractivity contribution in [1.29, 1.82) is 5.26 Å². The van der Waals surface area contributed by atoms with E-state index in [1.807, 2.05) is 64.2 Å². The molecule has 1 aliphatic rings. The van der Waals surface area contributed by atoms with Crippen LogP contribution in [0.4, 0.5) is 11.4 Å². The summed E-state index contributed by atoms with van der Waals surface area (Å²) in [6.07, 6.45) is 12.5. The van der Waals surface area contributed by atoms with Crippen LogP contribution in [0.3, 0.4) is 0 Å². The van der Waals surface area contributed by atoms with Crippen LogP contribution in [0.5, 0.6) is 0 Å². The number of nitrogens with one attached hydrogen (secondary N) is 1. The van der Waals surface area contributed by atoms with Gasteiger partial charge in [-0.05, 0) is 68.0 Å². The van der Waals surface area contributed by atoms with E-state index >= 15 is 0 Å². The number of carbonyl (C=O) groups excluding carboxylic acids is 1. The number of carbonyl (C=O) groups is 1. The van der Waals surface area contributed by atoms with Gasteiger partial charge in [-0.15, -0.1) is 0 Å². The number of rotatable bonds is 10. The Hall–Kier alpha value is -4.97. The van der Waals surface area contributed by atoms with E-state index in [-0.39, 0.29) is 18.6 Å². The number of aromatic nitrogens is 5. The van der Waals surface area contributed by atoms with Gasteiger partial charge < -0.3 is 14.6 Å². The van der Waals surface area contributed by atoms with E-state index in [0.717, 1.165) is 46.4 Å². The summed E-state index contributed by atoms with van der Waals surface area (Å²) < 4.78 is 9.63. The lowest BCUT2D eigenvalue weighted by molar-refractivity contribution is 0.0493. The normalized spacial score (nSPS) is 14.1. The monoisotopic (exact) mass is 573 g/mol. The van der Waals surface area contributed by atoms with E-state index in [1.54, 1.807) is 12.4 Å². The van der Waals surface area contributed by atoms with Crippen LogP contribution in [-0.4, -0.2) is 36.9 Å². The second kappa shape index (κ2) is 12.5. The molecule has 0 aliphatic heterocycles. The summed E-state index contributed by atoms with van der Waals surface area (Å²) in [7, 11) is 0. The molecule has 0 unspecified atom stereocenters. The molecule has 1 atom stereocenters. The van der Waals surface area contributed by atoms with Crippen molar-refractivity contribution in [3.05, 3.63) is 90.1 Å². The van der Waals surface area contributed by atoms with Crippen LogP contribution in [0.2, 0.25) is 0 Å². The Balaban J connectivity index is 1.15. The molecule has 9 nitrogen and oxygen atoms in total. The molecule has 1 fully saturated rings. The highest BCUT2D eigenvalue weighted by atomic mass is 16.5. The van der Waals surface area contributed by atoms with Gasteiger partial charge in [0.25, 0.3) is 0 Å². The third-order valence-corrected chi connectivity index (χ3v) is 8.60. The largest absolute Gasteiger partial charge is 0.460 e. The van der Waals surface area contributed by atoms with E-state index in [1.165, 1.54) is 18.4 Å². The molecule has 9 heteroatoms. The molecule has 6 rings (SSSR count). The topological polar surface area (TPSA) is 111 Å². The smallest absolute Gasteiger partial charge is 0.340 e. The van der Waals surface area contributed by atoms with Gasteiger partial charge in [-0.3, -0.25) is 4.68 Å². The summed E-state index contributed by atoms with van der Waals surface area (Å²) in [6.45, 7) is 4.76. The van der Waals surface area contributed by atoms with Crippen molar-refractivity contribution in [2.45, 2.75) is 58.5 Å². The molecule has 1 saturated carbocycles. The molecule has 5 aromatic rings. The summed E-state index contributed by atoms with van der Waals surface area (Å²) in [6, 6.07) is 17.9. The highest BCUT2D eigenvalue weighted by Crippen LogP contribution is 2.37. The third kappa shape index (κ3) is 5.86. The number of benzene rings is 2. The number of para-hydroxylation sites is 1. The molecule has 0 radical (unpaired) electrons. The molecule has 0 bridgehead atoms. The molecule has 218 valence electrons. The number of esters is 1. The van der Waals surface area contributed by atoms with Crippen LogP contribution in [-0.2, 0) is 11.3 Å². The maximum Gasteiger partial charge on any atom is 0.340 e. The number of nitriles is 1. The van der Waals surface area contributed by atoms with Crippen LogP contribution >= 0.6 is 0 Å². The lowest BCUT2D eigenvalue weighted by Crippen LogP contribution is -2.17. The highest BCUT2D eigenvalue weighted by Gasteiger charge is 2.27. The van der Waals surface area contributed by atoms with Gasteiger partial charge in [0.1, 0.15) is 18.6 Å². The van der Waals surface area contributed by atoms with Crippen LogP contribution in [0.1, 0.15) is 59.6 Å². The Labute approximate surface area is 251 Å². The Kier molecular flexibility index (Phi) is 8.18. The van der Waals surface area contributed by atoms with Crippen LogP contribution in [0.15, 0.2) is 73.4 Å². The van der Waals surface area contributed by atoms with Gasteiger partial charge >= 0.3 is 5.97 Å². The number of hydrogen-bond donors (Lipinski definition) is 1. The van der Waals surface area contributed by atoms with Gasteiger partial charge in [-0.25, -0.2) is 14.8 Å². The Bertz CT molecular complexity index is 1790. The fourth-order valence-corrected chi connectivity index (χ4v) is 6.08. The molecule has 0 saturated heterocycles. The van der Waals surface area contributed by atoms with Crippen molar-refractivity contribution in [2.75, 3.05) is 11.9 Å². The second-order valence-electron chi connectivity index (χ2n) is 11.2. The quantitative estimate of drug-likeness (QED) is 0.177. The lowest BCUT2D eigenvalue weighted by atomic mass is 9.96. The molecule has 43 heavy (non-hydrogen) atoms. The Morgan fingerprint density at radius 1 is 1.09 bits per heavy atom. The fraction of sp³-hybridized carbons (Fsp3) is 0.324. The number of nitrogens with zero attached hydrogens (tertiary/aromatic N) is 6. The number of fused-ring (bicyclic) bond motifs is 1. The van der Waals surface area contributed by atoms with Crippen molar-refractivity contribution in [3.8, 4) is 17.3 Å². The van der Waals surface area contributed by atoms with Gasteiger partial charge in [-0.2, -0.15) is 10.4 Å². The molecular formula is C34H35N7O2. The second-order valence-corrected chi connectivity index (χ2v) is 11.2. The van der Waals surface area contributed by atoms with Crippen LogP contribution in [0.25, 0.3) is 22.3 Å². The van der Waals surface area contributed by atoms with Gasteiger partial charge in [0.05, 0.1) is 48.2 Å². The first kappa shape index (κ1) is 28.2. The average Bonchev–Trinajstić information content (AvgIpc) is 3.81. The molecule has 1 aliphatic carbocycles. The van der Waals surface area contributed by atoms with E-state index in [4.69, 9.17) is 4.74 Å². The maximum absolute atomic E-state index is 13.1. The number of ether oxygens (including phenoxy) is 1. The molecule has 1 N–H and O–H groups in total. The van der Waals surface area contributed by atoms with Crippen molar-refractivity contribution in [3.63, 3.8) is 0 Å². The molecular weight excluding hydrogens is 538 g/mol. The number of anilines is 2. The van der Waals surface area contributed by atoms with Gasteiger partial charge in [-0.1, -0.05) is 37.1 Å². The van der Waals surface area contributed by atoms with E-state index in [2.05, 4.69) is 46.4 Å². The van der Waals surface area contributed by atoms with Crippen molar-refractivity contribution < 1.29 is 9.53 Å². The number of hydrogen-bond acceptors (Lipinski definition) is 7. The Morgan fingerprint density at radius 3 is 2.74 bits per heavy atom. The minimum atomic E-state index is -0.387. The number of aryl methyl sites for hydroxylation is 1. The summed E-state index contributed by atoms with van der Waals surface area (Å²) in [5, 5.41) is 18.4. The lowest BCUT2D eigenvalue weighted by Gasteiger charge is -2.21. The van der Waals surface area contributed by atoms with E-state index in [0.29, 0.717) is 30.1 Å². The average molecular weight is 574 g/mol. The molecule has 0 amide bonds. The summed E-state index contributed by atoms with van der Waals surface area (Å²) in [4.78, 5) is 22.2. The van der Waals surface area contributed by atoms with Crippen molar-refractivity contribution in [2.24, 2.45) is 5.92 Å². The van der Waals surface area contributed by atoms with Crippen LogP contribution < -0.4 is 5.32 Å². The SMILES string of the molecule is Cc1cccc(Nc2ccccc2C(=O)OCCn2ccc3c(-c4cnn([C@H](CC#N)C5CCCC5)c4)ncnc32)c1C. The highest BCUT2D eigenvalue weighted by molar-refractivity contribution is 5.96. The Morgan fingerprint density at radius 2 is 1.91 bits per heavy atom. The van der Waals surface area contributed by atoms with Crippen LogP contribution in [0, 0.1) is 31.1 Å². The summed E-state index contributed by atoms with van der Waals surface area (Å²) in [5.74, 6) is 0.0952. The minimum absolute atomic E-state index is 0.0824. The zero-order valence-electron chi connectivity index (χ0n) is 24.5. The zero-order valence-corrected chi connectivity index (χ0v) is 24.5. The van der Waals surface area contributed by atoms with Gasteiger partial charge in [0.2, 0.25) is 0 Å². The first-order valence-electron chi connectivity index (χ1n) is 14.8. The summed E-state index contributed by atoms with van der Waals surface area (Å²) >= 11 is 0. The zero-order chi connectivity index (χ0) is 29.8. The maximum atomic E-state index is 13.1. The van der Waals surface area contributed by atoms with Crippen molar-refractivity contribution in [1.82, 2.24) is 24.3 Å². The first-order valence-corrected chi connectivity index (χ1v) is 14.8. The molecule has 3 aromatic heterocycles.